The molecule has 0 aliphatic heterocycles. The molecule has 0 unspecified atom stereocenters. The second-order valence-corrected chi connectivity index (χ2v) is 6.30. The average Bonchev–Trinajstić information content (AvgIpc) is 2.80. The second-order valence-electron chi connectivity index (χ2n) is 5.35. The lowest BCUT2D eigenvalue weighted by Gasteiger charge is -2.14. The van der Waals surface area contributed by atoms with E-state index in [1.165, 1.54) is 23.5 Å². The first-order valence-electron chi connectivity index (χ1n) is 5.74. The Hall–Kier alpha value is -0.410. The van der Waals surface area contributed by atoms with Crippen molar-refractivity contribution in [1.29, 1.82) is 0 Å². The molecule has 1 saturated carbocycles. The first kappa shape index (κ1) is 11.1. The summed E-state index contributed by atoms with van der Waals surface area (Å²) in [5, 5.41) is 6.99. The lowest BCUT2D eigenvalue weighted by Crippen LogP contribution is -2.19. The summed E-state index contributed by atoms with van der Waals surface area (Å²) >= 11 is 1.80. The van der Waals surface area contributed by atoms with E-state index in [0.29, 0.717) is 0 Å². The van der Waals surface area contributed by atoms with Gasteiger partial charge in [-0.15, -0.1) is 11.3 Å². The summed E-state index contributed by atoms with van der Waals surface area (Å²) in [6, 6.07) is 0.812. The Labute approximate surface area is 96.1 Å². The van der Waals surface area contributed by atoms with Crippen LogP contribution in [0.1, 0.15) is 44.3 Å². The Bertz CT molecular complexity index is 321. The molecular formula is C12H20N2S. The maximum Gasteiger partial charge on any atom is 0.0941 e. The summed E-state index contributed by atoms with van der Waals surface area (Å²) in [6.07, 6.45) is 3.81. The van der Waals surface area contributed by atoms with Crippen molar-refractivity contribution < 1.29 is 0 Å². The van der Waals surface area contributed by atoms with Crippen LogP contribution in [-0.4, -0.2) is 17.6 Å². The second kappa shape index (κ2) is 4.22. The Morgan fingerprint density at radius 3 is 2.73 bits per heavy atom. The predicted molar refractivity (Wildman–Crippen MR) is 65.5 cm³/mol. The fourth-order valence-corrected chi connectivity index (χ4v) is 2.47. The summed E-state index contributed by atoms with van der Waals surface area (Å²) in [6.45, 7) is 7.73. The number of nitrogens with one attached hydrogen (secondary N) is 1. The van der Waals surface area contributed by atoms with Crippen LogP contribution >= 0.6 is 11.3 Å². The quantitative estimate of drug-likeness (QED) is 0.850. The molecule has 3 heteroatoms. The van der Waals surface area contributed by atoms with Crippen LogP contribution in [0.3, 0.4) is 0 Å². The molecule has 0 aromatic carbocycles. The van der Waals surface area contributed by atoms with E-state index in [9.17, 15) is 0 Å². The van der Waals surface area contributed by atoms with E-state index >= 15 is 0 Å². The smallest absolute Gasteiger partial charge is 0.0941 e. The molecule has 0 radical (unpaired) electrons. The molecule has 1 fully saturated rings. The van der Waals surface area contributed by atoms with Gasteiger partial charge >= 0.3 is 0 Å². The minimum atomic E-state index is 0.193. The predicted octanol–water partition coefficient (Wildman–Crippen LogP) is 2.74. The molecule has 15 heavy (non-hydrogen) atoms. The molecule has 1 aromatic heterocycles. The van der Waals surface area contributed by atoms with Gasteiger partial charge in [0.15, 0.2) is 0 Å². The molecule has 0 saturated heterocycles. The third kappa shape index (κ3) is 3.28. The summed E-state index contributed by atoms with van der Waals surface area (Å²) < 4.78 is 0. The van der Waals surface area contributed by atoms with Gasteiger partial charge in [0.25, 0.3) is 0 Å². The number of rotatable bonds is 4. The van der Waals surface area contributed by atoms with E-state index < -0.39 is 0 Å². The van der Waals surface area contributed by atoms with Crippen LogP contribution in [0.4, 0.5) is 0 Å². The fraction of sp³-hybridized carbons (Fsp3) is 0.750. The van der Waals surface area contributed by atoms with E-state index in [1.807, 2.05) is 0 Å². The molecule has 0 atom stereocenters. The summed E-state index contributed by atoms with van der Waals surface area (Å²) in [4.78, 5) is 4.68. The van der Waals surface area contributed by atoms with Gasteiger partial charge in [-0.3, -0.25) is 0 Å². The highest BCUT2D eigenvalue weighted by molar-refractivity contribution is 7.09. The van der Waals surface area contributed by atoms with Crippen molar-refractivity contribution in [2.24, 2.45) is 0 Å². The van der Waals surface area contributed by atoms with Crippen molar-refractivity contribution >= 4 is 11.3 Å². The Morgan fingerprint density at radius 2 is 2.20 bits per heavy atom. The van der Waals surface area contributed by atoms with Crippen LogP contribution in [0.25, 0.3) is 0 Å². The zero-order valence-electron chi connectivity index (χ0n) is 9.84. The molecule has 1 N–H and O–H groups in total. The van der Waals surface area contributed by atoms with Gasteiger partial charge in [-0.1, -0.05) is 20.8 Å². The van der Waals surface area contributed by atoms with E-state index in [4.69, 9.17) is 0 Å². The maximum atomic E-state index is 4.68. The van der Waals surface area contributed by atoms with E-state index in [1.54, 1.807) is 11.3 Å². The van der Waals surface area contributed by atoms with Crippen molar-refractivity contribution in [2.45, 2.75) is 51.5 Å². The number of hydrogen-bond donors (Lipinski definition) is 1. The van der Waals surface area contributed by atoms with Gasteiger partial charge in [0.05, 0.1) is 10.7 Å². The monoisotopic (exact) mass is 224 g/mol. The van der Waals surface area contributed by atoms with Crippen LogP contribution in [-0.2, 0) is 11.8 Å². The highest BCUT2D eigenvalue weighted by atomic mass is 32.1. The normalized spacial score (nSPS) is 17.0. The topological polar surface area (TPSA) is 24.9 Å². The molecule has 2 rings (SSSR count). The van der Waals surface area contributed by atoms with Gasteiger partial charge in [0.1, 0.15) is 0 Å². The average molecular weight is 224 g/mol. The van der Waals surface area contributed by atoms with Gasteiger partial charge in [0, 0.05) is 29.8 Å². The summed E-state index contributed by atoms with van der Waals surface area (Å²) in [5.41, 5.74) is 1.42. The molecule has 0 spiro atoms. The number of hydrogen-bond acceptors (Lipinski definition) is 3. The van der Waals surface area contributed by atoms with Gasteiger partial charge < -0.3 is 5.32 Å². The van der Waals surface area contributed by atoms with Crippen molar-refractivity contribution in [3.05, 3.63) is 16.1 Å². The van der Waals surface area contributed by atoms with Crippen molar-refractivity contribution in [3.63, 3.8) is 0 Å². The number of nitrogens with zero attached hydrogens (tertiary/aromatic N) is 1. The molecule has 2 nitrogen and oxygen atoms in total. The highest BCUT2D eigenvalue weighted by Gasteiger charge is 2.20. The largest absolute Gasteiger partial charge is 0.314 e. The van der Waals surface area contributed by atoms with Gasteiger partial charge in [-0.05, 0) is 12.8 Å². The standard InChI is InChI=1S/C12H20N2S/c1-12(2,3)10-8-15-11(14-10)6-7-13-9-4-5-9/h8-9,13H,4-7H2,1-3H3. The van der Waals surface area contributed by atoms with Gasteiger partial charge in [0.2, 0.25) is 0 Å². The third-order valence-electron chi connectivity index (χ3n) is 2.67. The number of aromatic nitrogens is 1. The van der Waals surface area contributed by atoms with Crippen molar-refractivity contribution in [1.82, 2.24) is 10.3 Å². The van der Waals surface area contributed by atoms with Crippen molar-refractivity contribution in [2.75, 3.05) is 6.54 Å². The van der Waals surface area contributed by atoms with Crippen molar-refractivity contribution in [3.8, 4) is 0 Å². The molecule has 1 aliphatic rings. The SMILES string of the molecule is CC(C)(C)c1csc(CCNC2CC2)n1. The summed E-state index contributed by atoms with van der Waals surface area (Å²) in [7, 11) is 0. The Morgan fingerprint density at radius 1 is 1.47 bits per heavy atom. The van der Waals surface area contributed by atoms with E-state index in [0.717, 1.165) is 19.0 Å². The molecule has 1 heterocycles. The highest BCUT2D eigenvalue weighted by Crippen LogP contribution is 2.24. The molecule has 84 valence electrons. The lowest BCUT2D eigenvalue weighted by atomic mass is 9.93. The van der Waals surface area contributed by atoms with Crippen LogP contribution in [0.5, 0.6) is 0 Å². The fourth-order valence-electron chi connectivity index (χ4n) is 1.44. The first-order valence-corrected chi connectivity index (χ1v) is 6.62. The van der Waals surface area contributed by atoms with Crippen LogP contribution < -0.4 is 5.32 Å². The molecule has 1 aromatic rings. The molecule has 1 aliphatic carbocycles. The minimum Gasteiger partial charge on any atom is -0.314 e. The van der Waals surface area contributed by atoms with Gasteiger partial charge in [-0.2, -0.15) is 0 Å². The number of thiazole rings is 1. The lowest BCUT2D eigenvalue weighted by molar-refractivity contribution is 0.569. The molecular weight excluding hydrogens is 204 g/mol. The zero-order valence-corrected chi connectivity index (χ0v) is 10.7. The Kier molecular flexibility index (Phi) is 3.12. The first-order chi connectivity index (χ1) is 7.05. The summed E-state index contributed by atoms with van der Waals surface area (Å²) in [5.74, 6) is 0. The van der Waals surface area contributed by atoms with Crippen LogP contribution in [0.2, 0.25) is 0 Å². The van der Waals surface area contributed by atoms with Crippen LogP contribution in [0.15, 0.2) is 5.38 Å². The van der Waals surface area contributed by atoms with E-state index in [2.05, 4.69) is 36.5 Å². The zero-order chi connectivity index (χ0) is 10.9. The van der Waals surface area contributed by atoms with Gasteiger partial charge in [-0.25, -0.2) is 4.98 Å². The van der Waals surface area contributed by atoms with Crippen LogP contribution in [0, 0.1) is 0 Å². The minimum absolute atomic E-state index is 0.193. The van der Waals surface area contributed by atoms with E-state index in [-0.39, 0.29) is 5.41 Å². The Balaban J connectivity index is 1.83. The molecule has 0 amide bonds. The maximum absolute atomic E-state index is 4.68. The third-order valence-corrected chi connectivity index (χ3v) is 3.58. The molecule has 0 bridgehead atoms.